The van der Waals surface area contributed by atoms with E-state index in [4.69, 9.17) is 10.5 Å². The minimum atomic E-state index is 0.583. The first kappa shape index (κ1) is 14.2. The number of para-hydroxylation sites is 1. The summed E-state index contributed by atoms with van der Waals surface area (Å²) in [6, 6.07) is 9.78. The number of benzene rings is 1. The molecule has 5 nitrogen and oxygen atoms in total. The van der Waals surface area contributed by atoms with Gasteiger partial charge in [0.15, 0.2) is 0 Å². The fourth-order valence-corrected chi connectivity index (χ4v) is 2.01. The maximum Gasteiger partial charge on any atom is 0.148 e. The van der Waals surface area contributed by atoms with Gasteiger partial charge in [0, 0.05) is 6.54 Å². The van der Waals surface area contributed by atoms with Gasteiger partial charge in [0.1, 0.15) is 18.2 Å². The van der Waals surface area contributed by atoms with Gasteiger partial charge in [-0.05, 0) is 25.5 Å². The third kappa shape index (κ3) is 3.44. The van der Waals surface area contributed by atoms with Crippen molar-refractivity contribution in [1.29, 1.82) is 0 Å². The SMILES string of the molecule is CCCn1nc(C)c(N)c1NCCOc1ccccc1. The summed E-state index contributed by atoms with van der Waals surface area (Å²) in [5, 5.41) is 7.73. The summed E-state index contributed by atoms with van der Waals surface area (Å²) >= 11 is 0. The van der Waals surface area contributed by atoms with Crippen molar-refractivity contribution in [3.05, 3.63) is 36.0 Å². The molecule has 1 aromatic carbocycles. The van der Waals surface area contributed by atoms with Crippen molar-refractivity contribution in [2.45, 2.75) is 26.8 Å². The van der Waals surface area contributed by atoms with Gasteiger partial charge in [-0.25, -0.2) is 4.68 Å². The fraction of sp³-hybridized carbons (Fsp3) is 0.400. The van der Waals surface area contributed by atoms with Gasteiger partial charge >= 0.3 is 0 Å². The van der Waals surface area contributed by atoms with E-state index in [0.29, 0.717) is 13.2 Å². The molecule has 2 rings (SSSR count). The van der Waals surface area contributed by atoms with Crippen molar-refractivity contribution in [3.8, 4) is 5.75 Å². The Labute approximate surface area is 119 Å². The predicted octanol–water partition coefficient (Wildman–Crippen LogP) is 2.67. The van der Waals surface area contributed by atoms with Crippen molar-refractivity contribution < 1.29 is 4.74 Å². The lowest BCUT2D eigenvalue weighted by Gasteiger charge is -2.11. The first-order valence-corrected chi connectivity index (χ1v) is 6.97. The monoisotopic (exact) mass is 274 g/mol. The number of hydrogen-bond donors (Lipinski definition) is 2. The number of anilines is 2. The Morgan fingerprint density at radius 1 is 1.30 bits per heavy atom. The molecule has 1 heterocycles. The zero-order valence-electron chi connectivity index (χ0n) is 12.1. The van der Waals surface area contributed by atoms with Crippen LogP contribution in [0.15, 0.2) is 30.3 Å². The van der Waals surface area contributed by atoms with Crippen LogP contribution in [-0.2, 0) is 6.54 Å². The van der Waals surface area contributed by atoms with Crippen molar-refractivity contribution >= 4 is 11.5 Å². The molecule has 0 spiro atoms. The van der Waals surface area contributed by atoms with Gasteiger partial charge in [-0.2, -0.15) is 5.10 Å². The van der Waals surface area contributed by atoms with E-state index in [1.54, 1.807) is 0 Å². The van der Waals surface area contributed by atoms with E-state index in [1.165, 1.54) is 0 Å². The van der Waals surface area contributed by atoms with Crippen molar-refractivity contribution in [2.24, 2.45) is 0 Å². The smallest absolute Gasteiger partial charge is 0.148 e. The van der Waals surface area contributed by atoms with Crippen LogP contribution in [0.2, 0.25) is 0 Å². The number of nitrogens with two attached hydrogens (primary N) is 1. The number of nitrogen functional groups attached to an aromatic ring is 1. The van der Waals surface area contributed by atoms with Crippen LogP contribution in [0, 0.1) is 6.92 Å². The molecule has 2 aromatic rings. The molecule has 0 amide bonds. The van der Waals surface area contributed by atoms with Gasteiger partial charge in [0.05, 0.1) is 17.9 Å². The number of aryl methyl sites for hydroxylation is 2. The Morgan fingerprint density at radius 3 is 2.75 bits per heavy atom. The van der Waals surface area contributed by atoms with Gasteiger partial charge in [0.25, 0.3) is 0 Å². The van der Waals surface area contributed by atoms with Crippen LogP contribution in [0.5, 0.6) is 5.75 Å². The zero-order chi connectivity index (χ0) is 14.4. The van der Waals surface area contributed by atoms with Crippen LogP contribution in [-0.4, -0.2) is 22.9 Å². The third-order valence-electron chi connectivity index (χ3n) is 3.02. The number of ether oxygens (including phenoxy) is 1. The number of rotatable bonds is 7. The van der Waals surface area contributed by atoms with Crippen LogP contribution >= 0.6 is 0 Å². The third-order valence-corrected chi connectivity index (χ3v) is 3.02. The van der Waals surface area contributed by atoms with Gasteiger partial charge in [-0.1, -0.05) is 25.1 Å². The Bertz CT molecular complexity index is 536. The summed E-state index contributed by atoms with van der Waals surface area (Å²) in [4.78, 5) is 0. The van der Waals surface area contributed by atoms with Crippen molar-refractivity contribution in [3.63, 3.8) is 0 Å². The highest BCUT2D eigenvalue weighted by Gasteiger charge is 2.11. The molecule has 0 radical (unpaired) electrons. The molecule has 108 valence electrons. The van der Waals surface area contributed by atoms with Crippen LogP contribution in [0.3, 0.4) is 0 Å². The highest BCUT2D eigenvalue weighted by atomic mass is 16.5. The molecule has 0 atom stereocenters. The van der Waals surface area contributed by atoms with E-state index in [0.717, 1.165) is 35.9 Å². The first-order valence-electron chi connectivity index (χ1n) is 6.97. The summed E-state index contributed by atoms with van der Waals surface area (Å²) in [5.74, 6) is 1.77. The number of hydrogen-bond acceptors (Lipinski definition) is 4. The summed E-state index contributed by atoms with van der Waals surface area (Å²) in [6.07, 6.45) is 1.02. The standard InChI is InChI=1S/C15H22N4O/c1-3-10-19-15(14(16)12(2)18-19)17-9-11-20-13-7-5-4-6-8-13/h4-8,17H,3,9-11,16H2,1-2H3. The molecule has 0 saturated carbocycles. The minimum absolute atomic E-state index is 0.583. The van der Waals surface area contributed by atoms with Gasteiger partial charge in [-0.3, -0.25) is 0 Å². The molecule has 0 bridgehead atoms. The van der Waals surface area contributed by atoms with E-state index in [1.807, 2.05) is 41.9 Å². The van der Waals surface area contributed by atoms with Crippen LogP contribution in [0.25, 0.3) is 0 Å². The molecule has 0 aliphatic rings. The molecule has 3 N–H and O–H groups in total. The van der Waals surface area contributed by atoms with E-state index in [9.17, 15) is 0 Å². The molecule has 0 aliphatic heterocycles. The highest BCUT2D eigenvalue weighted by molar-refractivity contribution is 5.64. The quantitative estimate of drug-likeness (QED) is 0.762. The largest absolute Gasteiger partial charge is 0.492 e. The molecule has 0 saturated heterocycles. The molecule has 0 fully saturated rings. The first-order chi connectivity index (χ1) is 9.72. The maximum absolute atomic E-state index is 6.04. The normalized spacial score (nSPS) is 10.5. The highest BCUT2D eigenvalue weighted by Crippen LogP contribution is 2.22. The summed E-state index contributed by atoms with van der Waals surface area (Å²) < 4.78 is 7.57. The molecule has 5 heteroatoms. The Kier molecular flexibility index (Phi) is 4.87. The van der Waals surface area contributed by atoms with Crippen LogP contribution in [0.4, 0.5) is 11.5 Å². The summed E-state index contributed by atoms with van der Waals surface area (Å²) in [7, 11) is 0. The van der Waals surface area contributed by atoms with Crippen molar-refractivity contribution in [1.82, 2.24) is 9.78 Å². The van der Waals surface area contributed by atoms with Gasteiger partial charge in [0.2, 0.25) is 0 Å². The molecular formula is C15H22N4O. The number of aromatic nitrogens is 2. The summed E-state index contributed by atoms with van der Waals surface area (Å²) in [5.41, 5.74) is 7.63. The van der Waals surface area contributed by atoms with Gasteiger partial charge < -0.3 is 15.8 Å². The lowest BCUT2D eigenvalue weighted by molar-refractivity contribution is 0.332. The molecule has 1 aromatic heterocycles. The average molecular weight is 274 g/mol. The van der Waals surface area contributed by atoms with Crippen LogP contribution < -0.4 is 15.8 Å². The Hall–Kier alpha value is -2.17. The Morgan fingerprint density at radius 2 is 2.05 bits per heavy atom. The second kappa shape index (κ2) is 6.84. The lowest BCUT2D eigenvalue weighted by atomic mass is 10.3. The van der Waals surface area contributed by atoms with E-state index in [2.05, 4.69) is 17.3 Å². The molecule has 20 heavy (non-hydrogen) atoms. The Balaban J connectivity index is 1.87. The fourth-order valence-electron chi connectivity index (χ4n) is 2.01. The van der Waals surface area contributed by atoms with E-state index >= 15 is 0 Å². The van der Waals surface area contributed by atoms with E-state index < -0.39 is 0 Å². The number of nitrogens with zero attached hydrogens (tertiary/aromatic N) is 2. The van der Waals surface area contributed by atoms with Crippen molar-refractivity contribution in [2.75, 3.05) is 24.2 Å². The predicted molar refractivity (Wildman–Crippen MR) is 82.1 cm³/mol. The summed E-state index contributed by atoms with van der Waals surface area (Å²) in [6.45, 7) is 6.18. The van der Waals surface area contributed by atoms with Crippen LogP contribution in [0.1, 0.15) is 19.0 Å². The van der Waals surface area contributed by atoms with E-state index in [-0.39, 0.29) is 0 Å². The van der Waals surface area contributed by atoms with Gasteiger partial charge in [-0.15, -0.1) is 0 Å². The minimum Gasteiger partial charge on any atom is -0.492 e. The zero-order valence-corrected chi connectivity index (χ0v) is 12.1. The average Bonchev–Trinajstić information content (AvgIpc) is 2.72. The number of nitrogens with one attached hydrogen (secondary N) is 1. The molecule has 0 aliphatic carbocycles. The molecule has 0 unspecified atom stereocenters. The maximum atomic E-state index is 6.04. The molecular weight excluding hydrogens is 252 g/mol. The topological polar surface area (TPSA) is 65.1 Å². The second-order valence-corrected chi connectivity index (χ2v) is 4.66. The lowest BCUT2D eigenvalue weighted by Crippen LogP contribution is -2.15. The second-order valence-electron chi connectivity index (χ2n) is 4.66.